The maximum Gasteiger partial charge on any atom is 0.0965 e. The average molecular weight is 236 g/mol. The average Bonchev–Trinajstić information content (AvgIpc) is 2.87. The summed E-state index contributed by atoms with van der Waals surface area (Å²) < 4.78 is 1.88. The monoisotopic (exact) mass is 236 g/mol. The molecule has 0 atom stereocenters. The summed E-state index contributed by atoms with van der Waals surface area (Å²) in [7, 11) is 0. The Bertz CT molecular complexity index is 419. The second-order valence-corrected chi connectivity index (χ2v) is 5.05. The van der Waals surface area contributed by atoms with Crippen LogP contribution in [0.3, 0.4) is 0 Å². The summed E-state index contributed by atoms with van der Waals surface area (Å²) in [6.07, 6.45) is 2.00. The molecule has 86 valence electrons. The number of hydrogen-bond donors (Lipinski definition) is 1. The Morgan fingerprint density at radius 3 is 3.06 bits per heavy atom. The first kappa shape index (κ1) is 11.3. The van der Waals surface area contributed by atoms with Crippen LogP contribution in [0.5, 0.6) is 0 Å². The number of aromatic nitrogens is 3. The van der Waals surface area contributed by atoms with Gasteiger partial charge in [0, 0.05) is 17.5 Å². The quantitative estimate of drug-likeness (QED) is 0.862. The lowest BCUT2D eigenvalue weighted by molar-refractivity contribution is 0.580. The zero-order valence-corrected chi connectivity index (χ0v) is 10.4. The van der Waals surface area contributed by atoms with E-state index in [1.807, 2.05) is 10.9 Å². The molecular formula is C11H16N4S. The number of nitrogens with zero attached hydrogens (tertiary/aromatic N) is 3. The number of hydrogen-bond acceptors (Lipinski definition) is 4. The maximum atomic E-state index is 4.12. The first-order valence-corrected chi connectivity index (χ1v) is 6.27. The Morgan fingerprint density at radius 1 is 1.50 bits per heavy atom. The molecular weight excluding hydrogens is 220 g/mol. The van der Waals surface area contributed by atoms with Crippen molar-refractivity contribution in [1.29, 1.82) is 0 Å². The Labute approximate surface area is 99.3 Å². The van der Waals surface area contributed by atoms with Gasteiger partial charge < -0.3 is 5.32 Å². The first-order chi connectivity index (χ1) is 7.74. The summed E-state index contributed by atoms with van der Waals surface area (Å²) in [6.45, 7) is 5.83. The molecule has 0 fully saturated rings. The molecule has 0 radical (unpaired) electrons. The molecule has 0 amide bonds. The summed E-state index contributed by atoms with van der Waals surface area (Å²) >= 11 is 1.74. The van der Waals surface area contributed by atoms with E-state index < -0.39 is 0 Å². The molecule has 5 heteroatoms. The number of rotatable bonds is 5. The van der Waals surface area contributed by atoms with Gasteiger partial charge in [-0.1, -0.05) is 25.1 Å². The zero-order valence-electron chi connectivity index (χ0n) is 9.55. The van der Waals surface area contributed by atoms with Crippen LogP contribution in [0, 0.1) is 0 Å². The second-order valence-electron chi connectivity index (χ2n) is 4.02. The van der Waals surface area contributed by atoms with Crippen LogP contribution in [-0.2, 0) is 13.1 Å². The van der Waals surface area contributed by atoms with Crippen LogP contribution >= 0.6 is 11.3 Å². The van der Waals surface area contributed by atoms with Gasteiger partial charge in [-0.25, -0.2) is 4.68 Å². The third kappa shape index (κ3) is 3.15. The van der Waals surface area contributed by atoms with E-state index in [0.29, 0.717) is 6.04 Å². The summed E-state index contributed by atoms with van der Waals surface area (Å²) in [4.78, 5) is 1.30. The van der Waals surface area contributed by atoms with E-state index in [4.69, 9.17) is 0 Å². The summed E-state index contributed by atoms with van der Waals surface area (Å²) in [5.74, 6) is 0. The van der Waals surface area contributed by atoms with Crippen LogP contribution in [0.15, 0.2) is 23.7 Å². The van der Waals surface area contributed by atoms with E-state index in [9.17, 15) is 0 Å². The van der Waals surface area contributed by atoms with Gasteiger partial charge in [-0.2, -0.15) is 0 Å². The van der Waals surface area contributed by atoms with Crippen LogP contribution < -0.4 is 5.32 Å². The van der Waals surface area contributed by atoms with E-state index in [1.54, 1.807) is 11.3 Å². The highest BCUT2D eigenvalue weighted by atomic mass is 32.1. The van der Waals surface area contributed by atoms with Crippen molar-refractivity contribution in [2.24, 2.45) is 0 Å². The first-order valence-electron chi connectivity index (χ1n) is 5.39. The lowest BCUT2D eigenvalue weighted by atomic mass is 10.3. The Balaban J connectivity index is 1.92. The molecule has 0 spiro atoms. The van der Waals surface area contributed by atoms with Gasteiger partial charge in [0.1, 0.15) is 0 Å². The molecule has 0 aliphatic heterocycles. The minimum absolute atomic E-state index is 0.474. The highest BCUT2D eigenvalue weighted by Crippen LogP contribution is 2.09. The fourth-order valence-corrected chi connectivity index (χ4v) is 2.06. The van der Waals surface area contributed by atoms with E-state index in [1.165, 1.54) is 4.88 Å². The van der Waals surface area contributed by atoms with E-state index >= 15 is 0 Å². The fourth-order valence-electron chi connectivity index (χ4n) is 1.37. The predicted octanol–water partition coefficient (Wildman–Crippen LogP) is 1.89. The topological polar surface area (TPSA) is 42.7 Å². The summed E-state index contributed by atoms with van der Waals surface area (Å²) in [6, 6.07) is 4.64. The van der Waals surface area contributed by atoms with Crippen LogP contribution in [0.4, 0.5) is 0 Å². The molecule has 0 saturated carbocycles. The van der Waals surface area contributed by atoms with E-state index in [2.05, 4.69) is 47.0 Å². The van der Waals surface area contributed by atoms with Gasteiger partial charge in [0.15, 0.2) is 0 Å². The molecule has 4 nitrogen and oxygen atoms in total. The molecule has 2 rings (SSSR count). The standard InChI is InChI=1S/C11H16N4S/c1-9(2)12-6-10-7-15(14-13-10)8-11-4-3-5-16-11/h3-5,7,9,12H,6,8H2,1-2H3. The van der Waals surface area contributed by atoms with Gasteiger partial charge in [0.2, 0.25) is 0 Å². The predicted molar refractivity (Wildman–Crippen MR) is 65.4 cm³/mol. The molecule has 0 aromatic carbocycles. The molecule has 2 heterocycles. The van der Waals surface area contributed by atoms with E-state index in [0.717, 1.165) is 18.8 Å². The number of nitrogens with one attached hydrogen (secondary N) is 1. The third-order valence-corrected chi connectivity index (χ3v) is 3.04. The van der Waals surface area contributed by atoms with Crippen molar-refractivity contribution in [3.63, 3.8) is 0 Å². The third-order valence-electron chi connectivity index (χ3n) is 2.18. The lowest BCUT2D eigenvalue weighted by Crippen LogP contribution is -2.21. The van der Waals surface area contributed by atoms with Crippen LogP contribution in [0.1, 0.15) is 24.4 Å². The molecule has 0 unspecified atom stereocenters. The normalized spacial score (nSPS) is 11.2. The molecule has 0 saturated heterocycles. The Hall–Kier alpha value is -1.20. The largest absolute Gasteiger partial charge is 0.309 e. The van der Waals surface area contributed by atoms with Crippen molar-refractivity contribution in [2.75, 3.05) is 0 Å². The van der Waals surface area contributed by atoms with Crippen molar-refractivity contribution in [3.05, 3.63) is 34.3 Å². The van der Waals surface area contributed by atoms with Gasteiger partial charge in [-0.3, -0.25) is 0 Å². The van der Waals surface area contributed by atoms with Gasteiger partial charge >= 0.3 is 0 Å². The highest BCUT2D eigenvalue weighted by Gasteiger charge is 2.02. The Morgan fingerprint density at radius 2 is 2.38 bits per heavy atom. The van der Waals surface area contributed by atoms with Crippen LogP contribution in [-0.4, -0.2) is 21.0 Å². The van der Waals surface area contributed by atoms with Crippen LogP contribution in [0.25, 0.3) is 0 Å². The van der Waals surface area contributed by atoms with Gasteiger partial charge in [-0.15, -0.1) is 16.4 Å². The smallest absolute Gasteiger partial charge is 0.0965 e. The minimum Gasteiger partial charge on any atom is -0.309 e. The van der Waals surface area contributed by atoms with Crippen LogP contribution in [0.2, 0.25) is 0 Å². The molecule has 2 aromatic rings. The zero-order chi connectivity index (χ0) is 11.4. The molecule has 0 aliphatic rings. The lowest BCUT2D eigenvalue weighted by Gasteiger charge is -2.04. The van der Waals surface area contributed by atoms with Crippen molar-refractivity contribution >= 4 is 11.3 Å². The van der Waals surface area contributed by atoms with Gasteiger partial charge in [-0.05, 0) is 11.4 Å². The highest BCUT2D eigenvalue weighted by molar-refractivity contribution is 7.09. The minimum atomic E-state index is 0.474. The van der Waals surface area contributed by atoms with Crippen molar-refractivity contribution < 1.29 is 0 Å². The molecule has 0 aliphatic carbocycles. The summed E-state index contributed by atoms with van der Waals surface area (Å²) in [5, 5.41) is 13.6. The number of thiophene rings is 1. The van der Waals surface area contributed by atoms with Gasteiger partial charge in [0.25, 0.3) is 0 Å². The van der Waals surface area contributed by atoms with Crippen molar-refractivity contribution in [1.82, 2.24) is 20.3 Å². The summed E-state index contributed by atoms with van der Waals surface area (Å²) in [5.41, 5.74) is 0.991. The Kier molecular flexibility index (Phi) is 3.69. The molecule has 0 bridgehead atoms. The second kappa shape index (κ2) is 5.23. The molecule has 2 aromatic heterocycles. The van der Waals surface area contributed by atoms with Gasteiger partial charge in [0.05, 0.1) is 18.4 Å². The van der Waals surface area contributed by atoms with Crippen molar-refractivity contribution in [2.45, 2.75) is 33.0 Å². The fraction of sp³-hybridized carbons (Fsp3) is 0.455. The molecule has 16 heavy (non-hydrogen) atoms. The SMILES string of the molecule is CC(C)NCc1cn(Cc2cccs2)nn1. The van der Waals surface area contributed by atoms with E-state index in [-0.39, 0.29) is 0 Å². The van der Waals surface area contributed by atoms with Crippen molar-refractivity contribution in [3.8, 4) is 0 Å². The molecule has 1 N–H and O–H groups in total. The maximum absolute atomic E-state index is 4.12.